The second-order valence-corrected chi connectivity index (χ2v) is 6.81. The van der Waals surface area contributed by atoms with Crippen LogP contribution in [-0.2, 0) is 11.3 Å². The van der Waals surface area contributed by atoms with Crippen LogP contribution in [0.3, 0.4) is 0 Å². The third-order valence-electron chi connectivity index (χ3n) is 4.53. The van der Waals surface area contributed by atoms with Gasteiger partial charge in [-0.25, -0.2) is 0 Å². The van der Waals surface area contributed by atoms with Crippen LogP contribution < -0.4 is 10.6 Å². The number of nitrogens with zero attached hydrogens (tertiary/aromatic N) is 2. The summed E-state index contributed by atoms with van der Waals surface area (Å²) in [6.07, 6.45) is 0.719. The fraction of sp³-hybridized carbons (Fsp3) is 0.300. The van der Waals surface area contributed by atoms with Crippen LogP contribution in [0.2, 0.25) is 5.02 Å². The lowest BCUT2D eigenvalue weighted by Crippen LogP contribution is -2.39. The summed E-state index contributed by atoms with van der Waals surface area (Å²) >= 11 is 5.93. The van der Waals surface area contributed by atoms with Gasteiger partial charge in [-0.05, 0) is 35.7 Å². The van der Waals surface area contributed by atoms with Gasteiger partial charge in [-0.15, -0.1) is 0 Å². The summed E-state index contributed by atoms with van der Waals surface area (Å²) < 4.78 is 0. The van der Waals surface area contributed by atoms with Crippen molar-refractivity contribution in [3.05, 3.63) is 64.7 Å². The molecule has 1 aliphatic rings. The number of amides is 1. The molecule has 26 heavy (non-hydrogen) atoms. The summed E-state index contributed by atoms with van der Waals surface area (Å²) in [5.74, 6) is 0.752. The second-order valence-electron chi connectivity index (χ2n) is 6.37. The van der Waals surface area contributed by atoms with E-state index in [1.165, 1.54) is 0 Å². The summed E-state index contributed by atoms with van der Waals surface area (Å²) in [5, 5.41) is 7.02. The van der Waals surface area contributed by atoms with Crippen molar-refractivity contribution in [1.82, 2.24) is 10.2 Å². The molecule has 3 rings (SSSR count). The van der Waals surface area contributed by atoms with Crippen molar-refractivity contribution in [3.63, 3.8) is 0 Å². The van der Waals surface area contributed by atoms with Gasteiger partial charge in [0.15, 0.2) is 5.96 Å². The first-order valence-corrected chi connectivity index (χ1v) is 9.02. The van der Waals surface area contributed by atoms with Gasteiger partial charge >= 0.3 is 0 Å². The summed E-state index contributed by atoms with van der Waals surface area (Å²) in [7, 11) is 3.75. The number of aliphatic imine (C=N–C) groups is 1. The van der Waals surface area contributed by atoms with Crippen LogP contribution in [-0.4, -0.2) is 37.4 Å². The summed E-state index contributed by atoms with van der Waals surface area (Å²) in [6, 6.07) is 15.6. The molecule has 0 spiro atoms. The van der Waals surface area contributed by atoms with Crippen molar-refractivity contribution in [1.29, 1.82) is 0 Å². The normalized spacial score (nSPS) is 16.2. The molecule has 0 aromatic heterocycles. The summed E-state index contributed by atoms with van der Waals surface area (Å²) in [4.78, 5) is 18.6. The number of hydrogen-bond acceptors (Lipinski definition) is 2. The van der Waals surface area contributed by atoms with Gasteiger partial charge in [-0.1, -0.05) is 41.9 Å². The van der Waals surface area contributed by atoms with Crippen molar-refractivity contribution in [3.8, 4) is 0 Å². The predicted octanol–water partition coefficient (Wildman–Crippen LogP) is 3.47. The Morgan fingerprint density at radius 1 is 1.23 bits per heavy atom. The lowest BCUT2D eigenvalue weighted by molar-refractivity contribution is -0.117. The minimum Gasteiger partial charge on any atom is -0.356 e. The van der Waals surface area contributed by atoms with E-state index in [-0.39, 0.29) is 11.8 Å². The average Bonchev–Trinajstić information content (AvgIpc) is 2.96. The van der Waals surface area contributed by atoms with Crippen LogP contribution in [0.25, 0.3) is 0 Å². The quantitative estimate of drug-likeness (QED) is 0.626. The molecule has 0 bridgehead atoms. The van der Waals surface area contributed by atoms with Gasteiger partial charge < -0.3 is 15.5 Å². The maximum Gasteiger partial charge on any atom is 0.232 e. The van der Waals surface area contributed by atoms with Gasteiger partial charge in [0.05, 0.1) is 5.92 Å². The molecule has 2 N–H and O–H groups in total. The molecule has 0 saturated carbocycles. The van der Waals surface area contributed by atoms with Crippen LogP contribution in [0.15, 0.2) is 53.5 Å². The number of para-hydroxylation sites is 1. The Morgan fingerprint density at radius 3 is 2.69 bits per heavy atom. The second kappa shape index (κ2) is 8.23. The Hall–Kier alpha value is -2.53. The monoisotopic (exact) mass is 370 g/mol. The third-order valence-corrected chi connectivity index (χ3v) is 4.79. The van der Waals surface area contributed by atoms with E-state index in [1.807, 2.05) is 60.5 Å². The SMILES string of the molecule is CN=C(NCCC1C(=O)Nc2ccccc21)N(C)Cc1ccc(Cl)cc1. The predicted molar refractivity (Wildman–Crippen MR) is 107 cm³/mol. The van der Waals surface area contributed by atoms with E-state index in [9.17, 15) is 4.79 Å². The largest absolute Gasteiger partial charge is 0.356 e. The van der Waals surface area contributed by atoms with E-state index in [2.05, 4.69) is 15.6 Å². The highest BCUT2D eigenvalue weighted by atomic mass is 35.5. The first kappa shape index (κ1) is 18.3. The Balaban J connectivity index is 1.54. The van der Waals surface area contributed by atoms with Gasteiger partial charge in [0, 0.05) is 37.9 Å². The number of carbonyl (C=O) groups excluding carboxylic acids is 1. The van der Waals surface area contributed by atoms with E-state index in [4.69, 9.17) is 11.6 Å². The number of hydrogen-bond donors (Lipinski definition) is 2. The minimum absolute atomic E-state index is 0.0671. The van der Waals surface area contributed by atoms with E-state index in [1.54, 1.807) is 7.05 Å². The molecule has 136 valence electrons. The molecule has 1 unspecified atom stereocenters. The number of carbonyl (C=O) groups is 1. The molecule has 0 fully saturated rings. The Labute approximate surface area is 159 Å². The number of anilines is 1. The molecule has 1 atom stereocenters. The van der Waals surface area contributed by atoms with Gasteiger partial charge in [-0.3, -0.25) is 9.79 Å². The lowest BCUT2D eigenvalue weighted by Gasteiger charge is -2.22. The maximum absolute atomic E-state index is 12.2. The molecular weight excluding hydrogens is 348 g/mol. The van der Waals surface area contributed by atoms with Crippen LogP contribution in [0, 0.1) is 0 Å². The summed E-state index contributed by atoms with van der Waals surface area (Å²) in [5.41, 5.74) is 3.15. The average molecular weight is 371 g/mol. The molecule has 0 saturated heterocycles. The first-order valence-electron chi connectivity index (χ1n) is 8.64. The minimum atomic E-state index is -0.113. The Bertz CT molecular complexity index is 804. The smallest absolute Gasteiger partial charge is 0.232 e. The van der Waals surface area contributed by atoms with Gasteiger partial charge in [0.2, 0.25) is 5.91 Å². The summed E-state index contributed by atoms with van der Waals surface area (Å²) in [6.45, 7) is 1.40. The standard InChI is InChI=1S/C20H23ClN4O/c1-22-20(25(2)13-14-7-9-15(21)10-8-14)23-12-11-17-16-5-3-4-6-18(16)24-19(17)26/h3-10,17H,11-13H2,1-2H3,(H,22,23)(H,24,26). The molecule has 1 aliphatic heterocycles. The van der Waals surface area contributed by atoms with E-state index in [0.29, 0.717) is 6.54 Å². The number of fused-ring (bicyclic) bond motifs is 1. The molecule has 2 aromatic carbocycles. The number of guanidine groups is 1. The topological polar surface area (TPSA) is 56.7 Å². The third kappa shape index (κ3) is 4.17. The highest BCUT2D eigenvalue weighted by Crippen LogP contribution is 2.33. The molecule has 0 radical (unpaired) electrons. The fourth-order valence-corrected chi connectivity index (χ4v) is 3.34. The number of halogens is 1. The highest BCUT2D eigenvalue weighted by molar-refractivity contribution is 6.30. The van der Waals surface area contributed by atoms with Crippen molar-refractivity contribution in [2.45, 2.75) is 18.9 Å². The zero-order chi connectivity index (χ0) is 18.5. The van der Waals surface area contributed by atoms with Crippen molar-refractivity contribution in [2.24, 2.45) is 4.99 Å². The first-order chi connectivity index (χ1) is 12.6. The molecule has 0 aliphatic carbocycles. The van der Waals surface area contributed by atoms with Crippen molar-refractivity contribution in [2.75, 3.05) is 26.0 Å². The van der Waals surface area contributed by atoms with Crippen molar-refractivity contribution >= 4 is 29.2 Å². The van der Waals surface area contributed by atoms with Gasteiger partial charge in [-0.2, -0.15) is 0 Å². The zero-order valence-electron chi connectivity index (χ0n) is 15.0. The van der Waals surface area contributed by atoms with Crippen LogP contribution in [0.5, 0.6) is 0 Å². The molecule has 6 heteroatoms. The van der Waals surface area contributed by atoms with E-state index < -0.39 is 0 Å². The molecule has 5 nitrogen and oxygen atoms in total. The number of rotatable bonds is 5. The van der Waals surface area contributed by atoms with Gasteiger partial charge in [0.25, 0.3) is 0 Å². The van der Waals surface area contributed by atoms with E-state index in [0.717, 1.165) is 40.8 Å². The number of nitrogens with one attached hydrogen (secondary N) is 2. The molecule has 1 heterocycles. The highest BCUT2D eigenvalue weighted by Gasteiger charge is 2.29. The molecular formula is C20H23ClN4O. The fourth-order valence-electron chi connectivity index (χ4n) is 3.21. The molecule has 2 aromatic rings. The Morgan fingerprint density at radius 2 is 1.96 bits per heavy atom. The van der Waals surface area contributed by atoms with Gasteiger partial charge in [0.1, 0.15) is 0 Å². The van der Waals surface area contributed by atoms with Crippen molar-refractivity contribution < 1.29 is 4.79 Å². The molecule has 1 amide bonds. The lowest BCUT2D eigenvalue weighted by atomic mass is 9.97. The van der Waals surface area contributed by atoms with E-state index >= 15 is 0 Å². The zero-order valence-corrected chi connectivity index (χ0v) is 15.8. The maximum atomic E-state index is 12.2. The van der Waals surface area contributed by atoms with Crippen LogP contribution >= 0.6 is 11.6 Å². The Kier molecular flexibility index (Phi) is 5.78. The van der Waals surface area contributed by atoms with Crippen LogP contribution in [0.1, 0.15) is 23.5 Å². The number of benzene rings is 2. The van der Waals surface area contributed by atoms with Crippen LogP contribution in [0.4, 0.5) is 5.69 Å².